The van der Waals surface area contributed by atoms with Gasteiger partial charge in [-0.1, -0.05) is 33.1 Å². The molecule has 13 heavy (non-hydrogen) atoms. The van der Waals surface area contributed by atoms with Gasteiger partial charge >= 0.3 is 0 Å². The van der Waals surface area contributed by atoms with Crippen molar-refractivity contribution in [2.24, 2.45) is 11.8 Å². The number of hydrogen-bond acceptors (Lipinski definition) is 0. The standard InChI is InChI=1S/C12H23Cl/c1-10(2)9-11-5-3-4-6-12(13)8-7-11/h10-12H,3-9H2,1-2H3. The topological polar surface area (TPSA) is 0 Å². The van der Waals surface area contributed by atoms with Gasteiger partial charge in [0, 0.05) is 5.38 Å². The smallest absolute Gasteiger partial charge is 0.0336 e. The molecule has 0 bridgehead atoms. The first-order valence-corrected chi connectivity index (χ1v) is 6.26. The Bertz CT molecular complexity index is 131. The van der Waals surface area contributed by atoms with E-state index in [2.05, 4.69) is 13.8 Å². The fourth-order valence-corrected chi connectivity index (χ4v) is 2.69. The van der Waals surface area contributed by atoms with Gasteiger partial charge in [0.1, 0.15) is 0 Å². The molecule has 1 aliphatic rings. The van der Waals surface area contributed by atoms with Crippen LogP contribution < -0.4 is 0 Å². The largest absolute Gasteiger partial charge is 0.123 e. The summed E-state index contributed by atoms with van der Waals surface area (Å²) >= 11 is 6.20. The maximum absolute atomic E-state index is 6.20. The Morgan fingerprint density at radius 1 is 1.08 bits per heavy atom. The average Bonchev–Trinajstić information content (AvgIpc) is 2.03. The molecule has 0 heterocycles. The molecule has 0 saturated heterocycles. The predicted molar refractivity (Wildman–Crippen MR) is 60.3 cm³/mol. The third-order valence-corrected chi connectivity index (χ3v) is 3.51. The Hall–Kier alpha value is 0.290. The first kappa shape index (κ1) is 11.4. The Labute approximate surface area is 88.1 Å². The SMILES string of the molecule is CC(C)CC1CCCCC(Cl)CC1. The number of hydrogen-bond donors (Lipinski definition) is 0. The first-order chi connectivity index (χ1) is 6.18. The van der Waals surface area contributed by atoms with Crippen molar-refractivity contribution in [3.63, 3.8) is 0 Å². The zero-order chi connectivity index (χ0) is 9.68. The summed E-state index contributed by atoms with van der Waals surface area (Å²) in [5.41, 5.74) is 0. The van der Waals surface area contributed by atoms with E-state index in [0.717, 1.165) is 11.8 Å². The van der Waals surface area contributed by atoms with Gasteiger partial charge < -0.3 is 0 Å². The minimum absolute atomic E-state index is 0.468. The van der Waals surface area contributed by atoms with Crippen molar-refractivity contribution in [2.45, 2.75) is 64.2 Å². The average molecular weight is 203 g/mol. The van der Waals surface area contributed by atoms with Crippen LogP contribution in [0.25, 0.3) is 0 Å². The van der Waals surface area contributed by atoms with Crippen LogP contribution in [0.5, 0.6) is 0 Å². The molecule has 2 unspecified atom stereocenters. The van der Waals surface area contributed by atoms with E-state index in [4.69, 9.17) is 11.6 Å². The van der Waals surface area contributed by atoms with Gasteiger partial charge in [-0.2, -0.15) is 0 Å². The van der Waals surface area contributed by atoms with Crippen molar-refractivity contribution >= 4 is 11.6 Å². The molecule has 1 rings (SSSR count). The third kappa shape index (κ3) is 4.90. The van der Waals surface area contributed by atoms with Gasteiger partial charge in [0.2, 0.25) is 0 Å². The van der Waals surface area contributed by atoms with Crippen LogP contribution in [0.3, 0.4) is 0 Å². The molecule has 1 saturated carbocycles. The zero-order valence-electron chi connectivity index (χ0n) is 9.06. The van der Waals surface area contributed by atoms with E-state index in [1.165, 1.54) is 44.9 Å². The Balaban J connectivity index is 2.28. The number of halogens is 1. The molecule has 0 N–H and O–H groups in total. The number of rotatable bonds is 2. The van der Waals surface area contributed by atoms with Crippen molar-refractivity contribution in [1.82, 2.24) is 0 Å². The molecular weight excluding hydrogens is 180 g/mol. The lowest BCUT2D eigenvalue weighted by Crippen LogP contribution is -2.11. The van der Waals surface area contributed by atoms with Crippen molar-refractivity contribution < 1.29 is 0 Å². The first-order valence-electron chi connectivity index (χ1n) is 5.82. The second-order valence-electron chi connectivity index (χ2n) is 4.95. The zero-order valence-corrected chi connectivity index (χ0v) is 9.82. The summed E-state index contributed by atoms with van der Waals surface area (Å²) in [6, 6.07) is 0. The summed E-state index contributed by atoms with van der Waals surface area (Å²) in [5.74, 6) is 1.82. The highest BCUT2D eigenvalue weighted by atomic mass is 35.5. The minimum Gasteiger partial charge on any atom is -0.123 e. The summed E-state index contributed by atoms with van der Waals surface area (Å²) in [4.78, 5) is 0. The summed E-state index contributed by atoms with van der Waals surface area (Å²) in [5, 5.41) is 0.468. The molecule has 78 valence electrons. The van der Waals surface area contributed by atoms with E-state index >= 15 is 0 Å². The van der Waals surface area contributed by atoms with Gasteiger partial charge in [0.25, 0.3) is 0 Å². The molecule has 2 atom stereocenters. The van der Waals surface area contributed by atoms with E-state index in [9.17, 15) is 0 Å². The van der Waals surface area contributed by atoms with Gasteiger partial charge in [-0.15, -0.1) is 11.6 Å². The molecule has 1 heteroatoms. The molecule has 0 nitrogen and oxygen atoms in total. The Morgan fingerprint density at radius 2 is 1.77 bits per heavy atom. The van der Waals surface area contributed by atoms with Crippen LogP contribution in [0.4, 0.5) is 0 Å². The van der Waals surface area contributed by atoms with Crippen LogP contribution in [0.1, 0.15) is 58.8 Å². The lowest BCUT2D eigenvalue weighted by atomic mass is 9.85. The highest BCUT2D eigenvalue weighted by Gasteiger charge is 2.16. The van der Waals surface area contributed by atoms with E-state index in [1.807, 2.05) is 0 Å². The second kappa shape index (κ2) is 5.90. The molecule has 0 aromatic heterocycles. The summed E-state index contributed by atoms with van der Waals surface area (Å²) < 4.78 is 0. The van der Waals surface area contributed by atoms with Crippen LogP contribution in [0.15, 0.2) is 0 Å². The summed E-state index contributed by atoms with van der Waals surface area (Å²) in [6.07, 6.45) is 9.47. The summed E-state index contributed by atoms with van der Waals surface area (Å²) in [6.45, 7) is 4.66. The van der Waals surface area contributed by atoms with Crippen LogP contribution >= 0.6 is 11.6 Å². The van der Waals surface area contributed by atoms with Gasteiger partial charge in [-0.05, 0) is 37.5 Å². The van der Waals surface area contributed by atoms with E-state index in [0.29, 0.717) is 5.38 Å². The summed E-state index contributed by atoms with van der Waals surface area (Å²) in [7, 11) is 0. The minimum atomic E-state index is 0.468. The van der Waals surface area contributed by atoms with Crippen molar-refractivity contribution in [1.29, 1.82) is 0 Å². The highest BCUT2D eigenvalue weighted by Crippen LogP contribution is 2.29. The Morgan fingerprint density at radius 3 is 2.46 bits per heavy atom. The molecule has 0 aliphatic heterocycles. The lowest BCUT2D eigenvalue weighted by molar-refractivity contribution is 0.324. The van der Waals surface area contributed by atoms with Crippen molar-refractivity contribution in [2.75, 3.05) is 0 Å². The maximum Gasteiger partial charge on any atom is 0.0336 e. The predicted octanol–water partition coefficient (Wildman–Crippen LogP) is 4.61. The fourth-order valence-electron chi connectivity index (χ4n) is 2.41. The molecular formula is C12H23Cl. The van der Waals surface area contributed by atoms with Crippen LogP contribution in [0.2, 0.25) is 0 Å². The quantitative estimate of drug-likeness (QED) is 0.574. The number of alkyl halides is 1. The Kier molecular flexibility index (Phi) is 5.16. The molecule has 0 aromatic rings. The molecule has 1 aliphatic carbocycles. The molecule has 1 fully saturated rings. The monoisotopic (exact) mass is 202 g/mol. The van der Waals surface area contributed by atoms with Gasteiger partial charge in [-0.3, -0.25) is 0 Å². The lowest BCUT2D eigenvalue weighted by Gasteiger charge is -2.23. The van der Waals surface area contributed by atoms with E-state index in [-0.39, 0.29) is 0 Å². The molecule has 0 aromatic carbocycles. The highest BCUT2D eigenvalue weighted by molar-refractivity contribution is 6.20. The van der Waals surface area contributed by atoms with Crippen molar-refractivity contribution in [3.05, 3.63) is 0 Å². The van der Waals surface area contributed by atoms with Crippen LogP contribution in [-0.4, -0.2) is 5.38 Å². The fraction of sp³-hybridized carbons (Fsp3) is 1.00. The van der Waals surface area contributed by atoms with Crippen LogP contribution in [-0.2, 0) is 0 Å². The normalized spacial score (nSPS) is 31.4. The molecule has 0 spiro atoms. The molecule has 0 amide bonds. The van der Waals surface area contributed by atoms with Crippen LogP contribution in [0, 0.1) is 11.8 Å². The van der Waals surface area contributed by atoms with Gasteiger partial charge in [0.15, 0.2) is 0 Å². The van der Waals surface area contributed by atoms with E-state index in [1.54, 1.807) is 0 Å². The van der Waals surface area contributed by atoms with Gasteiger partial charge in [0.05, 0.1) is 0 Å². The maximum atomic E-state index is 6.20. The third-order valence-electron chi connectivity index (χ3n) is 3.07. The van der Waals surface area contributed by atoms with E-state index < -0.39 is 0 Å². The molecule has 0 radical (unpaired) electrons. The van der Waals surface area contributed by atoms with Gasteiger partial charge in [-0.25, -0.2) is 0 Å². The second-order valence-corrected chi connectivity index (χ2v) is 5.57. The van der Waals surface area contributed by atoms with Crippen molar-refractivity contribution in [3.8, 4) is 0 Å².